The standard InChI is InChI=1S/C33H39N7O4.CH3N/c1-37-11-15-39(16-12-37)10-9-34-31(42)25-8-4-7-24(20-25)30-28-27(32(43)36-30)29(35-33(28)44)23-6-3-5-22(19-23)26(41)21-40-17-13-38(2)14-18-40;1-2/h3-8,19-20,36,43H,9-18,21H2,1-2H3,(H,34,42);2H,1H2. The number of carbonyl (C=O) groups excluding carboxylic acids is 3. The molecule has 0 spiro atoms. The Morgan fingerprint density at radius 3 is 2.13 bits per heavy atom. The molecule has 4 N–H and O–H groups in total. The topological polar surface area (TPSA) is 148 Å². The Bertz CT molecular complexity index is 1620. The number of aromatic nitrogens is 1. The smallest absolute Gasteiger partial charge is 0.280 e. The van der Waals surface area contributed by atoms with Crippen LogP contribution in [0, 0.1) is 5.41 Å². The molecule has 46 heavy (non-hydrogen) atoms. The maximum absolute atomic E-state index is 13.2. The van der Waals surface area contributed by atoms with E-state index in [2.05, 4.69) is 55.7 Å². The summed E-state index contributed by atoms with van der Waals surface area (Å²) in [4.78, 5) is 55.6. The van der Waals surface area contributed by atoms with Crippen LogP contribution in [0.3, 0.4) is 0 Å². The van der Waals surface area contributed by atoms with Crippen LogP contribution in [0.1, 0.15) is 42.2 Å². The van der Waals surface area contributed by atoms with Crippen molar-refractivity contribution in [2.45, 2.75) is 0 Å². The van der Waals surface area contributed by atoms with Crippen LogP contribution >= 0.6 is 0 Å². The van der Waals surface area contributed by atoms with Gasteiger partial charge < -0.3 is 30.6 Å². The number of Topliss-reactive ketones (excluding diaryl/α,β-unsaturated/α-hetero) is 1. The number of fused-ring (bicyclic) bond motifs is 1. The zero-order valence-corrected chi connectivity index (χ0v) is 26.5. The number of hydrogen-bond acceptors (Lipinski definition) is 9. The number of aliphatic imine (C=N–C) groups is 1. The quantitative estimate of drug-likeness (QED) is 0.208. The number of nitrogens with zero attached hydrogens (tertiary/aromatic N) is 5. The molecule has 12 heteroatoms. The highest BCUT2D eigenvalue weighted by Crippen LogP contribution is 2.38. The molecule has 12 nitrogen and oxygen atoms in total. The minimum absolute atomic E-state index is 0.000784. The Balaban J connectivity index is 0.00000204. The average molecular weight is 627 g/mol. The van der Waals surface area contributed by atoms with Crippen molar-refractivity contribution in [2.75, 3.05) is 86.1 Å². The lowest BCUT2D eigenvalue weighted by molar-refractivity contribution is 0.0875. The van der Waals surface area contributed by atoms with Crippen LogP contribution in [0.25, 0.3) is 11.3 Å². The number of likely N-dealkylation sites (N-methyl/N-ethyl adjacent to an activating group) is 2. The molecule has 2 fully saturated rings. The Kier molecular flexibility index (Phi) is 10.5. The average Bonchev–Trinajstić information content (AvgIpc) is 3.61. The minimum Gasteiger partial charge on any atom is -0.494 e. The molecule has 242 valence electrons. The van der Waals surface area contributed by atoms with Crippen molar-refractivity contribution in [3.63, 3.8) is 0 Å². The van der Waals surface area contributed by atoms with E-state index < -0.39 is 5.91 Å². The van der Waals surface area contributed by atoms with Gasteiger partial charge in [0.05, 0.1) is 29.1 Å². The fourth-order valence-corrected chi connectivity index (χ4v) is 6.03. The van der Waals surface area contributed by atoms with Crippen LogP contribution in [0.4, 0.5) is 0 Å². The summed E-state index contributed by atoms with van der Waals surface area (Å²) in [5, 5.41) is 19.5. The number of benzene rings is 2. The van der Waals surface area contributed by atoms with Gasteiger partial charge in [-0.25, -0.2) is 4.99 Å². The first-order chi connectivity index (χ1) is 22.3. The zero-order valence-electron chi connectivity index (χ0n) is 26.5. The number of H-pyrrole nitrogens is 1. The van der Waals surface area contributed by atoms with Gasteiger partial charge in [0.25, 0.3) is 11.8 Å². The summed E-state index contributed by atoms with van der Waals surface area (Å²) in [6, 6.07) is 14.0. The van der Waals surface area contributed by atoms with Crippen LogP contribution in [0.2, 0.25) is 0 Å². The first-order valence-electron chi connectivity index (χ1n) is 15.5. The molecule has 3 aromatic rings. The van der Waals surface area contributed by atoms with E-state index in [0.717, 1.165) is 58.9 Å². The van der Waals surface area contributed by atoms with E-state index in [-0.39, 0.29) is 23.1 Å². The highest BCUT2D eigenvalue weighted by molar-refractivity contribution is 6.30. The van der Waals surface area contributed by atoms with Gasteiger partial charge in [0.1, 0.15) is 0 Å². The van der Waals surface area contributed by atoms with Gasteiger partial charge in [-0.2, -0.15) is 0 Å². The third-order valence-electron chi connectivity index (χ3n) is 8.79. The van der Waals surface area contributed by atoms with Gasteiger partial charge in [0.15, 0.2) is 11.7 Å². The van der Waals surface area contributed by atoms with Crippen LogP contribution in [-0.4, -0.2) is 146 Å². The van der Waals surface area contributed by atoms with E-state index in [9.17, 15) is 19.5 Å². The second kappa shape index (κ2) is 14.7. The number of amides is 2. The lowest BCUT2D eigenvalue weighted by Crippen LogP contribution is -2.46. The Labute approximate surface area is 269 Å². The Morgan fingerprint density at radius 2 is 1.46 bits per heavy atom. The fourth-order valence-electron chi connectivity index (χ4n) is 6.03. The van der Waals surface area contributed by atoms with Gasteiger partial charge in [-0.3, -0.25) is 24.2 Å². The molecule has 0 bridgehead atoms. The molecule has 0 atom stereocenters. The largest absolute Gasteiger partial charge is 0.494 e. The second-order valence-electron chi connectivity index (χ2n) is 11.9. The second-order valence-corrected chi connectivity index (χ2v) is 11.9. The normalized spacial score (nSPS) is 17.6. The zero-order chi connectivity index (χ0) is 32.8. The van der Waals surface area contributed by atoms with Crippen LogP contribution in [0.5, 0.6) is 5.88 Å². The van der Waals surface area contributed by atoms with Crippen molar-refractivity contribution < 1.29 is 19.5 Å². The lowest BCUT2D eigenvalue weighted by Gasteiger charge is -2.32. The van der Waals surface area contributed by atoms with Crippen LogP contribution < -0.4 is 5.32 Å². The number of carbonyl (C=O) groups is 3. The molecular weight excluding hydrogens is 584 g/mol. The Hall–Kier alpha value is -4.49. The van der Waals surface area contributed by atoms with Gasteiger partial charge >= 0.3 is 0 Å². The number of hydrogen-bond donors (Lipinski definition) is 4. The first kappa shape index (κ1) is 32.9. The summed E-state index contributed by atoms with van der Waals surface area (Å²) in [5.74, 6) is -0.873. The Morgan fingerprint density at radius 1 is 0.870 bits per heavy atom. The van der Waals surface area contributed by atoms with Crippen molar-refractivity contribution in [3.8, 4) is 17.1 Å². The van der Waals surface area contributed by atoms with Crippen molar-refractivity contribution in [2.24, 2.45) is 4.99 Å². The summed E-state index contributed by atoms with van der Waals surface area (Å²) in [6.07, 6.45) is 0. The van der Waals surface area contributed by atoms with E-state index in [4.69, 9.17) is 5.41 Å². The van der Waals surface area contributed by atoms with E-state index in [0.29, 0.717) is 52.3 Å². The van der Waals surface area contributed by atoms with Gasteiger partial charge in [-0.15, -0.1) is 0 Å². The number of piperazine rings is 2. The minimum atomic E-state index is -0.488. The summed E-state index contributed by atoms with van der Waals surface area (Å²) in [6.45, 7) is 11.7. The molecule has 2 aromatic carbocycles. The van der Waals surface area contributed by atoms with E-state index in [1.165, 1.54) is 0 Å². The predicted molar refractivity (Wildman–Crippen MR) is 179 cm³/mol. The predicted octanol–water partition coefficient (Wildman–Crippen LogP) is 2.05. The molecule has 2 amide bonds. The van der Waals surface area contributed by atoms with Crippen molar-refractivity contribution in [3.05, 3.63) is 76.3 Å². The molecule has 0 aliphatic carbocycles. The van der Waals surface area contributed by atoms with Gasteiger partial charge in [0.2, 0.25) is 0 Å². The van der Waals surface area contributed by atoms with Gasteiger partial charge in [-0.05, 0) is 44.6 Å². The molecule has 3 aliphatic rings. The maximum atomic E-state index is 13.2. The van der Waals surface area contributed by atoms with E-state index in [1.54, 1.807) is 48.5 Å². The molecular formula is C34H42N8O4. The number of aromatic hydroxyl groups is 1. The lowest BCUT2D eigenvalue weighted by atomic mass is 9.97. The third kappa shape index (κ3) is 7.31. The van der Waals surface area contributed by atoms with E-state index >= 15 is 0 Å². The molecule has 4 heterocycles. The molecule has 6 rings (SSSR count). The molecule has 1 aromatic heterocycles. The SMILES string of the molecule is C=N.CN1CCN(CCNC(=O)c2cccc(-c3[nH]c(O)c4c3C(=O)N=C4c3cccc(C(=O)CN4CCN(C)CC4)c3)c2)CC1. The monoisotopic (exact) mass is 626 g/mol. The molecule has 0 radical (unpaired) electrons. The number of rotatable bonds is 9. The molecule has 2 saturated heterocycles. The fraction of sp³-hybridized carbons (Fsp3) is 0.382. The summed E-state index contributed by atoms with van der Waals surface area (Å²) < 4.78 is 0. The highest BCUT2D eigenvalue weighted by atomic mass is 16.3. The summed E-state index contributed by atoms with van der Waals surface area (Å²) >= 11 is 0. The summed E-state index contributed by atoms with van der Waals surface area (Å²) in [5.41, 5.74) is 3.43. The number of aromatic amines is 1. The van der Waals surface area contributed by atoms with Crippen LogP contribution in [0.15, 0.2) is 53.5 Å². The van der Waals surface area contributed by atoms with Crippen LogP contribution in [-0.2, 0) is 0 Å². The summed E-state index contributed by atoms with van der Waals surface area (Å²) in [7, 11) is 4.19. The number of nitrogens with one attached hydrogen (secondary N) is 3. The maximum Gasteiger partial charge on any atom is 0.280 e. The van der Waals surface area contributed by atoms with Gasteiger partial charge in [0, 0.05) is 82.1 Å². The number of ketones is 1. The molecule has 0 saturated carbocycles. The van der Waals surface area contributed by atoms with Crippen molar-refractivity contribution in [1.82, 2.24) is 29.9 Å². The van der Waals surface area contributed by atoms with Crippen molar-refractivity contribution in [1.29, 1.82) is 5.41 Å². The first-order valence-corrected chi connectivity index (χ1v) is 15.5. The molecule has 0 unspecified atom stereocenters. The molecule has 3 aliphatic heterocycles. The highest BCUT2D eigenvalue weighted by Gasteiger charge is 2.34. The third-order valence-corrected chi connectivity index (χ3v) is 8.79. The van der Waals surface area contributed by atoms with Gasteiger partial charge in [-0.1, -0.05) is 30.3 Å². The van der Waals surface area contributed by atoms with Crippen molar-refractivity contribution >= 4 is 30.0 Å². The van der Waals surface area contributed by atoms with E-state index in [1.807, 2.05) is 0 Å².